The van der Waals surface area contributed by atoms with Gasteiger partial charge in [-0.3, -0.25) is 19.3 Å². The normalized spacial score (nSPS) is 22.2. The van der Waals surface area contributed by atoms with Gasteiger partial charge in [0.25, 0.3) is 0 Å². The Hall–Kier alpha value is -3.20. The summed E-state index contributed by atoms with van der Waals surface area (Å²) in [5, 5.41) is 4.93. The minimum atomic E-state index is -0.439. The summed E-state index contributed by atoms with van der Waals surface area (Å²) in [6.07, 6.45) is 4.95. The number of imide groups is 1. The number of likely N-dealkylation sites (tertiary alicyclic amines) is 1. The van der Waals surface area contributed by atoms with Crippen LogP contribution in [0, 0.1) is 11.8 Å². The van der Waals surface area contributed by atoms with Gasteiger partial charge in [0, 0.05) is 10.9 Å². The van der Waals surface area contributed by atoms with Gasteiger partial charge in [0.2, 0.25) is 17.7 Å². The van der Waals surface area contributed by atoms with Crippen LogP contribution in [0.2, 0.25) is 0 Å². The van der Waals surface area contributed by atoms with Crippen molar-refractivity contribution in [2.75, 3.05) is 25.1 Å². The molecule has 3 aliphatic rings. The Bertz CT molecular complexity index is 1040. The van der Waals surface area contributed by atoms with Crippen LogP contribution in [0.1, 0.15) is 12.8 Å². The van der Waals surface area contributed by atoms with Gasteiger partial charge in [0.15, 0.2) is 16.6 Å². The van der Waals surface area contributed by atoms with Crippen molar-refractivity contribution < 1.29 is 23.9 Å². The largest absolute Gasteiger partial charge is 0.486 e. The van der Waals surface area contributed by atoms with Crippen molar-refractivity contribution >= 4 is 34.2 Å². The molecule has 1 saturated heterocycles. The Labute approximate surface area is 176 Å². The molecule has 1 aromatic carbocycles. The van der Waals surface area contributed by atoms with Crippen LogP contribution in [0.4, 0.5) is 5.13 Å². The van der Waals surface area contributed by atoms with Crippen molar-refractivity contribution in [2.45, 2.75) is 12.8 Å². The molecule has 3 amide bonds. The second-order valence-electron chi connectivity index (χ2n) is 7.36. The van der Waals surface area contributed by atoms with Crippen molar-refractivity contribution in [2.24, 2.45) is 11.8 Å². The molecule has 1 N–H and O–H groups in total. The maximum Gasteiger partial charge on any atom is 0.246 e. The highest BCUT2D eigenvalue weighted by atomic mass is 32.1. The monoisotopic (exact) mass is 425 g/mol. The fraction of sp³-hybridized carbons (Fsp3) is 0.333. The topological polar surface area (TPSA) is 97.8 Å². The summed E-state index contributed by atoms with van der Waals surface area (Å²) in [5.74, 6) is -0.273. The highest BCUT2D eigenvalue weighted by molar-refractivity contribution is 7.14. The van der Waals surface area contributed by atoms with Gasteiger partial charge in [-0.15, -0.1) is 11.3 Å². The molecule has 30 heavy (non-hydrogen) atoms. The molecule has 3 heterocycles. The average Bonchev–Trinajstić information content (AvgIpc) is 3.32. The first kappa shape index (κ1) is 18.8. The van der Waals surface area contributed by atoms with E-state index in [0.717, 1.165) is 10.5 Å². The number of fused-ring (bicyclic) bond motifs is 2. The summed E-state index contributed by atoms with van der Waals surface area (Å²) in [7, 11) is 0. The van der Waals surface area contributed by atoms with Gasteiger partial charge in [-0.2, -0.15) is 0 Å². The predicted molar refractivity (Wildman–Crippen MR) is 109 cm³/mol. The van der Waals surface area contributed by atoms with Crippen molar-refractivity contribution in [3.05, 3.63) is 35.7 Å². The number of thiazole rings is 1. The molecule has 2 aliphatic heterocycles. The second kappa shape index (κ2) is 7.56. The van der Waals surface area contributed by atoms with Crippen LogP contribution in [0.15, 0.2) is 35.7 Å². The lowest BCUT2D eigenvalue weighted by Crippen LogP contribution is -2.38. The highest BCUT2D eigenvalue weighted by Crippen LogP contribution is 2.36. The third-order valence-corrected chi connectivity index (χ3v) is 6.25. The molecule has 8 nitrogen and oxygen atoms in total. The second-order valence-corrected chi connectivity index (χ2v) is 8.22. The van der Waals surface area contributed by atoms with E-state index < -0.39 is 5.91 Å². The molecular formula is C21H19N3O5S. The Morgan fingerprint density at radius 2 is 1.80 bits per heavy atom. The number of benzene rings is 1. The van der Waals surface area contributed by atoms with Crippen LogP contribution in [-0.2, 0) is 14.4 Å². The summed E-state index contributed by atoms with van der Waals surface area (Å²) in [5.41, 5.74) is 1.54. The quantitative estimate of drug-likeness (QED) is 0.597. The van der Waals surface area contributed by atoms with Crippen LogP contribution in [-0.4, -0.2) is 47.4 Å². The maximum absolute atomic E-state index is 12.5. The summed E-state index contributed by atoms with van der Waals surface area (Å²) in [6, 6.07) is 5.57. The van der Waals surface area contributed by atoms with Crippen LogP contribution < -0.4 is 14.8 Å². The maximum atomic E-state index is 12.5. The highest BCUT2D eigenvalue weighted by Gasteiger charge is 2.47. The van der Waals surface area contributed by atoms with Crippen molar-refractivity contribution in [3.8, 4) is 22.8 Å². The molecule has 2 atom stereocenters. The zero-order valence-corrected chi connectivity index (χ0v) is 16.8. The zero-order valence-electron chi connectivity index (χ0n) is 16.0. The number of amides is 3. The number of ether oxygens (including phenoxy) is 2. The average molecular weight is 425 g/mol. The number of carbonyl (C=O) groups excluding carboxylic acids is 3. The standard InChI is InChI=1S/C21H19N3O5S/c25-18(10-24-19(26)13-3-1-2-4-14(13)20(24)27)23-21-22-15(11-30-21)12-5-6-16-17(9-12)29-8-7-28-16/h1-2,5-6,9,11,13-14H,3-4,7-8,10H2,(H,22,23,25). The Balaban J connectivity index is 1.25. The van der Waals surface area contributed by atoms with Crippen LogP contribution in [0.25, 0.3) is 11.3 Å². The molecule has 2 unspecified atom stereocenters. The predicted octanol–water partition coefficient (Wildman–Crippen LogP) is 2.47. The van der Waals surface area contributed by atoms with Crippen molar-refractivity contribution in [3.63, 3.8) is 0 Å². The molecule has 0 saturated carbocycles. The van der Waals surface area contributed by atoms with E-state index in [1.165, 1.54) is 11.3 Å². The van der Waals surface area contributed by atoms with Crippen molar-refractivity contribution in [1.82, 2.24) is 9.88 Å². The van der Waals surface area contributed by atoms with E-state index in [4.69, 9.17) is 9.47 Å². The molecule has 0 radical (unpaired) electrons. The summed E-state index contributed by atoms with van der Waals surface area (Å²) >= 11 is 1.28. The van der Waals surface area contributed by atoms with E-state index in [1.807, 2.05) is 35.7 Å². The van der Waals surface area contributed by atoms with E-state index in [9.17, 15) is 14.4 Å². The summed E-state index contributed by atoms with van der Waals surface area (Å²) in [6.45, 7) is 0.739. The lowest BCUT2D eigenvalue weighted by molar-refractivity contribution is -0.142. The van der Waals surface area contributed by atoms with Gasteiger partial charge in [0.1, 0.15) is 19.8 Å². The Morgan fingerprint density at radius 3 is 2.53 bits per heavy atom. The molecule has 9 heteroatoms. The Kier molecular flexibility index (Phi) is 4.74. The molecule has 0 bridgehead atoms. The van der Waals surface area contributed by atoms with Gasteiger partial charge in [-0.25, -0.2) is 4.98 Å². The first-order valence-corrected chi connectivity index (χ1v) is 10.6. The fourth-order valence-electron chi connectivity index (χ4n) is 3.99. The number of anilines is 1. The van der Waals surface area contributed by atoms with E-state index in [-0.39, 0.29) is 30.2 Å². The molecular weight excluding hydrogens is 406 g/mol. The van der Waals surface area contributed by atoms with Gasteiger partial charge in [-0.05, 0) is 31.0 Å². The number of hydrogen-bond acceptors (Lipinski definition) is 7. The number of aromatic nitrogens is 1. The lowest BCUT2D eigenvalue weighted by Gasteiger charge is -2.18. The number of allylic oxidation sites excluding steroid dienone is 2. The lowest BCUT2D eigenvalue weighted by atomic mass is 9.85. The summed E-state index contributed by atoms with van der Waals surface area (Å²) < 4.78 is 11.1. The van der Waals surface area contributed by atoms with E-state index in [0.29, 0.717) is 48.4 Å². The minimum absolute atomic E-state index is 0.263. The molecule has 1 aromatic heterocycles. The molecule has 0 spiro atoms. The van der Waals surface area contributed by atoms with Crippen LogP contribution >= 0.6 is 11.3 Å². The zero-order chi connectivity index (χ0) is 20.7. The Morgan fingerprint density at radius 1 is 1.10 bits per heavy atom. The first-order valence-electron chi connectivity index (χ1n) is 9.76. The number of carbonyl (C=O) groups is 3. The number of nitrogens with zero attached hydrogens (tertiary/aromatic N) is 2. The van der Waals surface area contributed by atoms with Gasteiger partial charge >= 0.3 is 0 Å². The summed E-state index contributed by atoms with van der Waals surface area (Å²) in [4.78, 5) is 43.0. The van der Waals surface area contributed by atoms with Crippen LogP contribution in [0.3, 0.4) is 0 Å². The van der Waals surface area contributed by atoms with Gasteiger partial charge < -0.3 is 14.8 Å². The number of hydrogen-bond donors (Lipinski definition) is 1. The smallest absolute Gasteiger partial charge is 0.246 e. The third kappa shape index (κ3) is 3.35. The molecule has 154 valence electrons. The fourth-order valence-corrected chi connectivity index (χ4v) is 4.73. The van der Waals surface area contributed by atoms with Crippen LogP contribution in [0.5, 0.6) is 11.5 Å². The minimum Gasteiger partial charge on any atom is -0.486 e. The van der Waals surface area contributed by atoms with Gasteiger partial charge in [0.05, 0.1) is 17.5 Å². The molecule has 1 aliphatic carbocycles. The van der Waals surface area contributed by atoms with E-state index >= 15 is 0 Å². The number of nitrogens with one attached hydrogen (secondary N) is 1. The SMILES string of the molecule is O=C(CN1C(=O)C2CC=CCC2C1=O)Nc1nc(-c2ccc3c(c2)OCCO3)cs1. The molecule has 1 fully saturated rings. The van der Waals surface area contributed by atoms with E-state index in [2.05, 4.69) is 10.3 Å². The van der Waals surface area contributed by atoms with Gasteiger partial charge in [-0.1, -0.05) is 12.2 Å². The molecule has 2 aromatic rings. The number of rotatable bonds is 4. The van der Waals surface area contributed by atoms with Crippen molar-refractivity contribution in [1.29, 1.82) is 0 Å². The van der Waals surface area contributed by atoms with E-state index in [1.54, 1.807) is 0 Å². The first-order chi connectivity index (χ1) is 14.6. The molecule has 5 rings (SSSR count). The third-order valence-electron chi connectivity index (χ3n) is 5.49.